The number of carbonyl (C=O) groups is 4. The van der Waals surface area contributed by atoms with Crippen molar-refractivity contribution >= 4 is 40.6 Å². The van der Waals surface area contributed by atoms with Crippen LogP contribution in [0.25, 0.3) is 33.2 Å². The highest BCUT2D eigenvalue weighted by Crippen LogP contribution is 2.35. The van der Waals surface area contributed by atoms with Gasteiger partial charge in [0.2, 0.25) is 11.8 Å². The Balaban J connectivity index is 0.909. The van der Waals surface area contributed by atoms with Crippen molar-refractivity contribution in [1.82, 2.24) is 35.7 Å². The van der Waals surface area contributed by atoms with Crippen LogP contribution in [0.4, 0.5) is 9.59 Å². The number of imidazole rings is 1. The molecule has 3 fully saturated rings. The molecule has 0 bridgehead atoms. The number of methoxy groups -OCH3 is 2. The highest BCUT2D eigenvalue weighted by Gasteiger charge is 2.41. The maximum absolute atomic E-state index is 14.0. The molecule has 15 heteroatoms. The molecule has 4 aliphatic heterocycles. The summed E-state index contributed by atoms with van der Waals surface area (Å²) in [6.45, 7) is 6.75. The van der Waals surface area contributed by atoms with E-state index in [9.17, 15) is 19.2 Å². The van der Waals surface area contributed by atoms with Gasteiger partial charge in [0.15, 0.2) is 0 Å². The maximum atomic E-state index is 14.0. The summed E-state index contributed by atoms with van der Waals surface area (Å²) in [5.74, 6) is 1.21. The minimum atomic E-state index is -0.682. The lowest BCUT2D eigenvalue weighted by atomic mass is 9.90. The van der Waals surface area contributed by atoms with Crippen LogP contribution < -0.4 is 16.0 Å². The number of rotatable bonds is 11. The molecule has 0 saturated carbocycles. The molecule has 61 heavy (non-hydrogen) atoms. The van der Waals surface area contributed by atoms with Crippen LogP contribution in [0.5, 0.6) is 0 Å². The minimum absolute atomic E-state index is 0.00326. The first-order chi connectivity index (χ1) is 29.6. The monoisotopic (exact) mass is 832 g/mol. The van der Waals surface area contributed by atoms with Crippen LogP contribution >= 0.6 is 0 Å². The SMILES string of the molecule is COC(=O)N[C@H](C(=O)N1CCC[C@H]1C1=NCC(c2ccc(-c3ccc4cc(-c5cnc([C@@H]6CCCN6C(=O)[C@@H](NC(=O)OC)C6CCOCC6)[nH]5)ccc4c3)cc2)N1)C(C)C. The van der Waals surface area contributed by atoms with Crippen molar-refractivity contribution in [3.8, 4) is 22.4 Å². The summed E-state index contributed by atoms with van der Waals surface area (Å²) in [4.78, 5) is 68.7. The van der Waals surface area contributed by atoms with Crippen molar-refractivity contribution in [2.45, 2.75) is 82.6 Å². The molecule has 4 amide bonds. The van der Waals surface area contributed by atoms with Gasteiger partial charge in [0, 0.05) is 31.9 Å². The van der Waals surface area contributed by atoms with Crippen LogP contribution in [0.3, 0.4) is 0 Å². The Kier molecular flexibility index (Phi) is 12.6. The third-order valence-electron chi connectivity index (χ3n) is 12.7. The van der Waals surface area contributed by atoms with Crippen molar-refractivity contribution in [3.63, 3.8) is 0 Å². The summed E-state index contributed by atoms with van der Waals surface area (Å²) in [7, 11) is 2.61. The van der Waals surface area contributed by atoms with E-state index in [1.807, 2.05) is 29.8 Å². The second-order valence-electron chi connectivity index (χ2n) is 16.8. The second-order valence-corrected chi connectivity index (χ2v) is 16.8. The average Bonchev–Trinajstić information content (AvgIpc) is 4.14. The fourth-order valence-corrected chi connectivity index (χ4v) is 9.31. The first-order valence-electron chi connectivity index (χ1n) is 21.5. The summed E-state index contributed by atoms with van der Waals surface area (Å²) in [5, 5.41) is 11.3. The Morgan fingerprint density at radius 2 is 1.39 bits per heavy atom. The number of nitrogens with zero attached hydrogens (tertiary/aromatic N) is 4. The molecule has 8 rings (SSSR count). The molecule has 3 saturated heterocycles. The van der Waals surface area contributed by atoms with Crippen molar-refractivity contribution in [1.29, 1.82) is 0 Å². The molecule has 1 unspecified atom stereocenters. The van der Waals surface area contributed by atoms with Crippen LogP contribution in [-0.2, 0) is 23.8 Å². The van der Waals surface area contributed by atoms with E-state index in [4.69, 9.17) is 24.2 Å². The van der Waals surface area contributed by atoms with Gasteiger partial charge in [-0.25, -0.2) is 14.6 Å². The fraction of sp³-hybridized carbons (Fsp3) is 0.478. The Labute approximate surface area is 356 Å². The van der Waals surface area contributed by atoms with Gasteiger partial charge >= 0.3 is 12.2 Å². The minimum Gasteiger partial charge on any atom is -0.453 e. The number of amides is 4. The van der Waals surface area contributed by atoms with E-state index in [0.29, 0.717) is 45.7 Å². The van der Waals surface area contributed by atoms with Gasteiger partial charge in [-0.05, 0) is 90.0 Å². The molecular weight excluding hydrogens is 777 g/mol. The number of nitrogens with one attached hydrogen (secondary N) is 4. The smallest absolute Gasteiger partial charge is 0.407 e. The molecular formula is C46H56N8O7. The lowest BCUT2D eigenvalue weighted by Crippen LogP contribution is -2.54. The molecule has 322 valence electrons. The number of fused-ring (bicyclic) bond motifs is 1. The molecule has 4 aromatic rings. The third-order valence-corrected chi connectivity index (χ3v) is 12.7. The van der Waals surface area contributed by atoms with E-state index in [2.05, 4.69) is 81.6 Å². The number of aromatic nitrogens is 2. The summed E-state index contributed by atoms with van der Waals surface area (Å²) in [5.41, 5.74) is 5.21. The predicted molar refractivity (Wildman–Crippen MR) is 231 cm³/mol. The fourth-order valence-electron chi connectivity index (χ4n) is 9.31. The number of ether oxygens (including phenoxy) is 3. The van der Waals surface area contributed by atoms with Gasteiger partial charge in [0.1, 0.15) is 23.7 Å². The quantitative estimate of drug-likeness (QED) is 0.138. The zero-order chi connectivity index (χ0) is 42.6. The van der Waals surface area contributed by atoms with Crippen molar-refractivity contribution in [3.05, 3.63) is 78.2 Å². The zero-order valence-electron chi connectivity index (χ0n) is 35.3. The van der Waals surface area contributed by atoms with E-state index in [-0.39, 0.29) is 41.8 Å². The molecule has 1 aromatic heterocycles. The van der Waals surface area contributed by atoms with E-state index >= 15 is 0 Å². The van der Waals surface area contributed by atoms with Gasteiger partial charge in [-0.15, -0.1) is 0 Å². The molecule has 15 nitrogen and oxygen atoms in total. The largest absolute Gasteiger partial charge is 0.453 e. The first-order valence-corrected chi connectivity index (χ1v) is 21.5. The van der Waals surface area contributed by atoms with Crippen LogP contribution in [0.1, 0.15) is 75.8 Å². The highest BCUT2D eigenvalue weighted by molar-refractivity contribution is 5.96. The Hall–Kier alpha value is -5.96. The lowest BCUT2D eigenvalue weighted by Gasteiger charge is -2.34. The normalized spacial score (nSPS) is 21.5. The number of hydrogen-bond acceptors (Lipinski definition) is 10. The van der Waals surface area contributed by atoms with E-state index in [1.165, 1.54) is 14.2 Å². The number of H-pyrrole nitrogens is 1. The van der Waals surface area contributed by atoms with Gasteiger partial charge in [0.25, 0.3) is 0 Å². The number of carbonyl (C=O) groups excluding carboxylic acids is 4. The van der Waals surface area contributed by atoms with Crippen molar-refractivity contribution in [2.75, 3.05) is 47.1 Å². The van der Waals surface area contributed by atoms with Gasteiger partial charge in [-0.3, -0.25) is 14.6 Å². The molecule has 4 aliphatic rings. The standard InChI is InChI=1S/C46H56N8O7/c1-27(2)39(51-45(57)59-3)43(55)53-19-5-7-37(53)41-47-25-35(49-41)29-11-9-28(10-12-29)31-13-14-33-24-34(16-15-32(33)23-31)36-26-48-42(50-36)38-8-6-20-54(38)44(56)40(52-46(58)60-4)30-17-21-61-22-18-30/h9-16,23-24,26-27,30,35,37-40H,5-8,17-22,25H2,1-4H3,(H,47,49)(H,48,50)(H,51,57)(H,52,58)/t35?,37-,38-,39-,40-/m0/s1. The van der Waals surface area contributed by atoms with Crippen LogP contribution in [0, 0.1) is 11.8 Å². The lowest BCUT2D eigenvalue weighted by molar-refractivity contribution is -0.137. The molecule has 5 atom stereocenters. The second kappa shape index (κ2) is 18.3. The number of hydrogen-bond donors (Lipinski definition) is 4. The van der Waals surface area contributed by atoms with Gasteiger partial charge in [-0.2, -0.15) is 0 Å². The van der Waals surface area contributed by atoms with Crippen LogP contribution in [-0.4, -0.2) is 115 Å². The van der Waals surface area contributed by atoms with E-state index in [0.717, 1.165) is 76.1 Å². The number of aromatic amines is 1. The number of amidine groups is 1. The Morgan fingerprint density at radius 1 is 0.770 bits per heavy atom. The number of likely N-dealkylation sites (tertiary alicyclic amines) is 2. The summed E-state index contributed by atoms with van der Waals surface area (Å²) >= 11 is 0. The predicted octanol–water partition coefficient (Wildman–Crippen LogP) is 6.13. The van der Waals surface area contributed by atoms with Crippen molar-refractivity contribution < 1.29 is 33.4 Å². The third kappa shape index (κ3) is 8.93. The topological polar surface area (TPSA) is 180 Å². The zero-order valence-corrected chi connectivity index (χ0v) is 35.3. The van der Waals surface area contributed by atoms with Crippen molar-refractivity contribution in [2.24, 2.45) is 16.8 Å². The van der Waals surface area contributed by atoms with Crippen LogP contribution in [0.15, 0.2) is 71.9 Å². The summed E-state index contributed by atoms with van der Waals surface area (Å²) < 4.78 is 15.2. The molecule has 0 radical (unpaired) electrons. The Morgan fingerprint density at radius 3 is 2.08 bits per heavy atom. The van der Waals surface area contributed by atoms with E-state index in [1.54, 1.807) is 0 Å². The summed E-state index contributed by atoms with van der Waals surface area (Å²) in [6.07, 6.45) is 5.32. The number of aliphatic imine (C=N–C) groups is 1. The molecule has 4 N–H and O–H groups in total. The van der Waals surface area contributed by atoms with Gasteiger partial charge in [-0.1, -0.05) is 62.4 Å². The average molecular weight is 833 g/mol. The Bertz CT molecular complexity index is 2270. The number of alkyl carbamates (subject to hydrolysis) is 2. The molecule has 0 aliphatic carbocycles. The van der Waals surface area contributed by atoms with Gasteiger partial charge < -0.3 is 44.9 Å². The van der Waals surface area contributed by atoms with E-state index < -0.39 is 24.3 Å². The van der Waals surface area contributed by atoms with Crippen LogP contribution in [0.2, 0.25) is 0 Å². The number of benzene rings is 3. The molecule has 5 heterocycles. The summed E-state index contributed by atoms with van der Waals surface area (Å²) in [6, 6.07) is 19.7. The first kappa shape index (κ1) is 41.8. The maximum Gasteiger partial charge on any atom is 0.407 e. The van der Waals surface area contributed by atoms with Gasteiger partial charge in [0.05, 0.1) is 50.8 Å². The molecule has 0 spiro atoms. The molecule has 3 aromatic carbocycles. The highest BCUT2D eigenvalue weighted by atomic mass is 16.5.